The normalized spacial score (nSPS) is 18.4. The lowest BCUT2D eigenvalue weighted by Crippen LogP contribution is -2.37. The van der Waals surface area contributed by atoms with Gasteiger partial charge in [-0.25, -0.2) is 0 Å². The highest BCUT2D eigenvalue weighted by Crippen LogP contribution is 2.16. The van der Waals surface area contributed by atoms with Gasteiger partial charge in [-0.2, -0.15) is 5.10 Å². The molecule has 18 heavy (non-hydrogen) atoms. The molecular formula is C12H15N3O2S. The van der Waals surface area contributed by atoms with Crippen LogP contribution in [-0.2, 0) is 4.79 Å². The number of nitrogens with one attached hydrogen (secondary N) is 1. The van der Waals surface area contributed by atoms with Gasteiger partial charge in [0.25, 0.3) is 0 Å². The molecule has 0 bridgehead atoms. The highest BCUT2D eigenvalue weighted by molar-refractivity contribution is 7.80. The van der Waals surface area contributed by atoms with Gasteiger partial charge in [0.2, 0.25) is 0 Å². The van der Waals surface area contributed by atoms with Crippen molar-refractivity contribution < 1.29 is 9.90 Å². The first-order valence-electron chi connectivity index (χ1n) is 5.73. The molecule has 1 atom stereocenters. The molecule has 1 aliphatic heterocycles. The molecule has 0 aromatic heterocycles. The fourth-order valence-corrected chi connectivity index (χ4v) is 2.10. The van der Waals surface area contributed by atoms with E-state index in [1.807, 2.05) is 35.2 Å². The van der Waals surface area contributed by atoms with E-state index in [4.69, 9.17) is 5.11 Å². The number of rotatable bonds is 5. The van der Waals surface area contributed by atoms with Crippen LogP contribution in [0.2, 0.25) is 0 Å². The summed E-state index contributed by atoms with van der Waals surface area (Å²) in [6, 6.07) is 9.77. The van der Waals surface area contributed by atoms with Gasteiger partial charge >= 0.3 is 5.97 Å². The molecule has 1 aromatic carbocycles. The number of thiol groups is 1. The summed E-state index contributed by atoms with van der Waals surface area (Å²) in [6.07, 6.45) is 0.721. The van der Waals surface area contributed by atoms with Gasteiger partial charge in [-0.3, -0.25) is 10.2 Å². The molecule has 96 valence electrons. The maximum atomic E-state index is 10.5. The largest absolute Gasteiger partial charge is 0.481 e. The molecule has 0 fully saturated rings. The molecule has 6 heteroatoms. The SMILES string of the molecule is O=C(O)CCCN1C(c2ccccc2)=NNC1S. The third-order valence-electron chi connectivity index (χ3n) is 2.67. The van der Waals surface area contributed by atoms with Crippen molar-refractivity contribution in [2.24, 2.45) is 5.10 Å². The third-order valence-corrected chi connectivity index (χ3v) is 3.07. The summed E-state index contributed by atoms with van der Waals surface area (Å²) < 4.78 is 0. The molecular weight excluding hydrogens is 250 g/mol. The number of carbonyl (C=O) groups is 1. The van der Waals surface area contributed by atoms with Crippen molar-refractivity contribution in [3.05, 3.63) is 35.9 Å². The van der Waals surface area contributed by atoms with Crippen LogP contribution in [0.15, 0.2) is 35.4 Å². The first kappa shape index (κ1) is 12.8. The zero-order valence-electron chi connectivity index (χ0n) is 9.78. The molecule has 0 aliphatic carbocycles. The lowest BCUT2D eigenvalue weighted by atomic mass is 10.2. The van der Waals surface area contributed by atoms with Crippen LogP contribution in [0.25, 0.3) is 0 Å². The number of nitrogens with zero attached hydrogens (tertiary/aromatic N) is 2. The van der Waals surface area contributed by atoms with Gasteiger partial charge in [-0.1, -0.05) is 30.3 Å². The minimum Gasteiger partial charge on any atom is -0.481 e. The van der Waals surface area contributed by atoms with Gasteiger partial charge in [-0.05, 0) is 6.42 Å². The summed E-state index contributed by atoms with van der Waals surface area (Å²) >= 11 is 4.37. The first-order valence-corrected chi connectivity index (χ1v) is 6.25. The van der Waals surface area contributed by atoms with Crippen LogP contribution in [0.3, 0.4) is 0 Å². The van der Waals surface area contributed by atoms with Crippen molar-refractivity contribution in [2.45, 2.75) is 18.3 Å². The topological polar surface area (TPSA) is 64.9 Å². The van der Waals surface area contributed by atoms with Crippen LogP contribution in [0, 0.1) is 0 Å². The Bertz CT molecular complexity index is 450. The van der Waals surface area contributed by atoms with Gasteiger partial charge in [0.15, 0.2) is 11.3 Å². The maximum absolute atomic E-state index is 10.5. The van der Waals surface area contributed by atoms with Gasteiger partial charge in [0.05, 0.1) is 0 Å². The second-order valence-electron chi connectivity index (χ2n) is 3.99. The number of benzene rings is 1. The minimum absolute atomic E-state index is 0.152. The zero-order valence-corrected chi connectivity index (χ0v) is 10.7. The van der Waals surface area contributed by atoms with Crippen LogP contribution in [-0.4, -0.2) is 33.9 Å². The van der Waals surface area contributed by atoms with Gasteiger partial charge in [-0.15, -0.1) is 12.6 Å². The third kappa shape index (κ3) is 2.95. The van der Waals surface area contributed by atoms with E-state index in [0.717, 1.165) is 11.4 Å². The molecule has 1 aromatic rings. The Hall–Kier alpha value is -1.69. The van der Waals surface area contributed by atoms with E-state index in [1.54, 1.807) is 0 Å². The Kier molecular flexibility index (Phi) is 4.09. The van der Waals surface area contributed by atoms with Gasteiger partial charge < -0.3 is 10.0 Å². The van der Waals surface area contributed by atoms with E-state index in [9.17, 15) is 4.79 Å². The van der Waals surface area contributed by atoms with E-state index in [1.165, 1.54) is 0 Å². The fraction of sp³-hybridized carbons (Fsp3) is 0.333. The first-order chi connectivity index (χ1) is 8.68. The second kappa shape index (κ2) is 5.77. The molecule has 1 heterocycles. The average molecular weight is 265 g/mol. The van der Waals surface area contributed by atoms with Gasteiger partial charge in [0.1, 0.15) is 0 Å². The lowest BCUT2D eigenvalue weighted by molar-refractivity contribution is -0.137. The lowest BCUT2D eigenvalue weighted by Gasteiger charge is -2.23. The smallest absolute Gasteiger partial charge is 0.303 e. The monoisotopic (exact) mass is 265 g/mol. The minimum atomic E-state index is -0.781. The second-order valence-corrected chi connectivity index (χ2v) is 4.48. The van der Waals surface area contributed by atoms with Crippen molar-refractivity contribution >= 4 is 24.4 Å². The predicted molar refractivity (Wildman–Crippen MR) is 72.5 cm³/mol. The number of carboxylic acid groups (broad SMARTS) is 1. The Balaban J connectivity index is 2.03. The number of hydrazone groups is 1. The Labute approximate surface area is 111 Å². The zero-order chi connectivity index (χ0) is 13.0. The van der Waals surface area contributed by atoms with Crippen LogP contribution >= 0.6 is 12.6 Å². The Morgan fingerprint density at radius 2 is 2.17 bits per heavy atom. The van der Waals surface area contributed by atoms with Gasteiger partial charge in [0, 0.05) is 18.5 Å². The van der Waals surface area contributed by atoms with E-state index >= 15 is 0 Å². The highest BCUT2D eigenvalue weighted by atomic mass is 32.1. The summed E-state index contributed by atoms with van der Waals surface area (Å²) in [4.78, 5) is 12.5. The quantitative estimate of drug-likeness (QED) is 0.703. The standard InChI is InChI=1S/C12H15N3O2S/c16-10(17)7-4-8-15-11(13-14-12(15)18)9-5-2-1-3-6-9/h1-3,5-6,12,14,18H,4,7-8H2,(H,16,17). The van der Waals surface area contributed by atoms with Crippen molar-refractivity contribution in [2.75, 3.05) is 6.54 Å². The van der Waals surface area contributed by atoms with E-state index in [2.05, 4.69) is 23.2 Å². The number of hydrogen-bond acceptors (Lipinski definition) is 5. The molecule has 1 aliphatic rings. The van der Waals surface area contributed by atoms with Crippen molar-refractivity contribution in [3.8, 4) is 0 Å². The van der Waals surface area contributed by atoms with Crippen LogP contribution in [0.1, 0.15) is 18.4 Å². The van der Waals surface area contributed by atoms with Crippen LogP contribution in [0.5, 0.6) is 0 Å². The predicted octanol–water partition coefficient (Wildman–Crippen LogP) is 1.33. The molecule has 0 amide bonds. The summed E-state index contributed by atoms with van der Waals surface area (Å²) in [5, 5.41) is 12.9. The number of aliphatic carboxylic acids is 1. The summed E-state index contributed by atoms with van der Waals surface area (Å²) in [5.74, 6) is 0.0251. The average Bonchev–Trinajstić information content (AvgIpc) is 2.72. The van der Waals surface area contributed by atoms with E-state index in [0.29, 0.717) is 13.0 Å². The highest BCUT2D eigenvalue weighted by Gasteiger charge is 2.25. The molecule has 2 N–H and O–H groups in total. The van der Waals surface area contributed by atoms with Crippen molar-refractivity contribution in [1.82, 2.24) is 10.3 Å². The van der Waals surface area contributed by atoms with E-state index in [-0.39, 0.29) is 11.9 Å². The fourth-order valence-electron chi connectivity index (χ4n) is 1.82. The number of hydrogen-bond donors (Lipinski definition) is 3. The van der Waals surface area contributed by atoms with Crippen molar-refractivity contribution in [1.29, 1.82) is 0 Å². The molecule has 0 radical (unpaired) electrons. The number of amidine groups is 1. The molecule has 0 saturated carbocycles. The summed E-state index contributed by atoms with van der Waals surface area (Å²) in [7, 11) is 0. The van der Waals surface area contributed by atoms with E-state index < -0.39 is 5.97 Å². The molecule has 2 rings (SSSR count). The molecule has 1 unspecified atom stereocenters. The van der Waals surface area contributed by atoms with Crippen molar-refractivity contribution in [3.63, 3.8) is 0 Å². The Morgan fingerprint density at radius 1 is 1.44 bits per heavy atom. The maximum Gasteiger partial charge on any atom is 0.303 e. The van der Waals surface area contributed by atoms with Crippen LogP contribution < -0.4 is 5.43 Å². The van der Waals surface area contributed by atoms with Crippen LogP contribution in [0.4, 0.5) is 0 Å². The molecule has 5 nitrogen and oxygen atoms in total. The Morgan fingerprint density at radius 3 is 2.83 bits per heavy atom. The molecule has 0 saturated heterocycles. The number of carboxylic acids is 1. The summed E-state index contributed by atoms with van der Waals surface area (Å²) in [5.41, 5.74) is 3.68. The summed E-state index contributed by atoms with van der Waals surface area (Å²) in [6.45, 7) is 0.612. The molecule has 0 spiro atoms.